The number of hydrogen-bond acceptors (Lipinski definition) is 6. The fourth-order valence-electron chi connectivity index (χ4n) is 4.28. The third-order valence-corrected chi connectivity index (χ3v) is 7.40. The second kappa shape index (κ2) is 8.82. The first-order valence-electron chi connectivity index (χ1n) is 10.6. The molecule has 0 aliphatic carbocycles. The first kappa shape index (κ1) is 24.4. The summed E-state index contributed by atoms with van der Waals surface area (Å²) < 4.78 is 60.7. The molecular weight excluding hydrogens is 478 g/mol. The summed E-state index contributed by atoms with van der Waals surface area (Å²) in [4.78, 5) is 22.4. The fraction of sp³-hybridized carbons (Fsp3) is 0.208. The number of carbonyl (C=O) groups excluding carboxylic acids is 1. The second-order valence-corrected chi connectivity index (χ2v) is 9.73. The number of aromatic nitrogens is 1. The lowest BCUT2D eigenvalue weighted by Crippen LogP contribution is -2.41. The molecule has 0 radical (unpaired) electrons. The van der Waals surface area contributed by atoms with Crippen molar-refractivity contribution in [2.24, 2.45) is 10.7 Å². The Labute approximate surface area is 200 Å². The van der Waals surface area contributed by atoms with Crippen molar-refractivity contribution in [2.75, 3.05) is 7.05 Å². The molecule has 2 heterocycles. The minimum Gasteiger partial charge on any atom is -0.369 e. The average molecular weight is 501 g/mol. The molecule has 3 aromatic rings. The van der Waals surface area contributed by atoms with E-state index in [1.54, 1.807) is 43.3 Å². The number of rotatable bonds is 6. The molecule has 1 amide bonds. The summed E-state index contributed by atoms with van der Waals surface area (Å²) in [7, 11) is -2.86. The summed E-state index contributed by atoms with van der Waals surface area (Å²) in [6, 6.07) is 14.8. The minimum absolute atomic E-state index is 0.0356. The number of hydrogen-bond donors (Lipinski definition) is 2. The predicted octanol–water partition coefficient (Wildman–Crippen LogP) is 3.40. The van der Waals surface area contributed by atoms with Gasteiger partial charge in [0.25, 0.3) is 16.0 Å². The Hall–Kier alpha value is -3.70. The molecule has 0 fully saturated rings. The largest absolute Gasteiger partial charge is 0.369 e. The molecule has 0 bridgehead atoms. The molecule has 182 valence electrons. The molecule has 2 aromatic carbocycles. The van der Waals surface area contributed by atoms with Gasteiger partial charge in [0.2, 0.25) is 11.9 Å². The van der Waals surface area contributed by atoms with Crippen molar-refractivity contribution in [1.82, 2.24) is 9.88 Å². The van der Waals surface area contributed by atoms with Crippen LogP contribution in [0.5, 0.6) is 0 Å². The molecule has 1 aliphatic heterocycles. The summed E-state index contributed by atoms with van der Waals surface area (Å²) in [5, 5.41) is -1.12. The maximum Gasteiger partial charge on any atom is 0.271 e. The van der Waals surface area contributed by atoms with E-state index in [2.05, 4.69) is 9.98 Å². The highest BCUT2D eigenvalue weighted by Gasteiger charge is 2.49. The van der Waals surface area contributed by atoms with E-state index in [0.29, 0.717) is 22.3 Å². The Kier molecular flexibility index (Phi) is 6.16. The molecule has 35 heavy (non-hydrogen) atoms. The standard InChI is InChI=1S/C24H22F2N4O4S/c1-3-19(35(32,33)34)14-7-9-16(10-8-14)24(22(31)30(2)23(27)29-24)17-6-4-5-15(13-17)18-11-12-20(25)28-21(18)26/h4-13,19H,3H2,1-2H3,(H2,27,29)(H,32,33,34). The van der Waals surface area contributed by atoms with Crippen molar-refractivity contribution in [3.05, 3.63) is 89.2 Å². The Morgan fingerprint density at radius 2 is 1.77 bits per heavy atom. The number of amides is 1. The van der Waals surface area contributed by atoms with Gasteiger partial charge in [0.15, 0.2) is 11.5 Å². The topological polar surface area (TPSA) is 126 Å². The molecule has 11 heteroatoms. The Bertz CT molecular complexity index is 1440. The first-order chi connectivity index (χ1) is 16.5. The van der Waals surface area contributed by atoms with Crippen molar-refractivity contribution >= 4 is 22.0 Å². The van der Waals surface area contributed by atoms with E-state index in [9.17, 15) is 26.5 Å². The van der Waals surface area contributed by atoms with Crippen molar-refractivity contribution in [2.45, 2.75) is 24.1 Å². The summed E-state index contributed by atoms with van der Waals surface area (Å²) in [6.07, 6.45) is 0.148. The van der Waals surface area contributed by atoms with Crippen LogP contribution in [0.3, 0.4) is 0 Å². The number of aliphatic imine (C=N–C) groups is 1. The number of likely N-dealkylation sites (N-methyl/N-ethyl adjacent to an activating group) is 1. The lowest BCUT2D eigenvalue weighted by molar-refractivity contribution is -0.129. The van der Waals surface area contributed by atoms with Gasteiger partial charge in [-0.15, -0.1) is 0 Å². The quantitative estimate of drug-likeness (QED) is 0.395. The van der Waals surface area contributed by atoms with Gasteiger partial charge in [-0.1, -0.05) is 49.4 Å². The smallest absolute Gasteiger partial charge is 0.271 e. The van der Waals surface area contributed by atoms with Gasteiger partial charge in [-0.25, -0.2) is 4.99 Å². The molecule has 4 rings (SSSR count). The highest BCUT2D eigenvalue weighted by Crippen LogP contribution is 2.41. The van der Waals surface area contributed by atoms with Crippen LogP contribution in [0.4, 0.5) is 8.78 Å². The van der Waals surface area contributed by atoms with Gasteiger partial charge < -0.3 is 5.73 Å². The van der Waals surface area contributed by atoms with Crippen LogP contribution >= 0.6 is 0 Å². The van der Waals surface area contributed by atoms with Crippen molar-refractivity contribution < 1.29 is 26.5 Å². The third kappa shape index (κ3) is 4.17. The molecule has 2 unspecified atom stereocenters. The van der Waals surface area contributed by atoms with E-state index in [-0.39, 0.29) is 17.9 Å². The van der Waals surface area contributed by atoms with Crippen molar-refractivity contribution in [3.63, 3.8) is 0 Å². The summed E-state index contributed by atoms with van der Waals surface area (Å²) in [6.45, 7) is 1.63. The van der Waals surface area contributed by atoms with E-state index in [1.807, 2.05) is 0 Å². The molecule has 0 spiro atoms. The lowest BCUT2D eigenvalue weighted by Gasteiger charge is -2.27. The Balaban J connectivity index is 1.88. The van der Waals surface area contributed by atoms with Crippen LogP contribution in [0, 0.1) is 11.9 Å². The fourth-order valence-corrected chi connectivity index (χ4v) is 5.20. The normalized spacial score (nSPS) is 19.1. The van der Waals surface area contributed by atoms with Gasteiger partial charge in [-0.3, -0.25) is 14.2 Å². The van der Waals surface area contributed by atoms with Crippen LogP contribution in [0.2, 0.25) is 0 Å². The number of nitrogens with two attached hydrogens (primary N) is 1. The predicted molar refractivity (Wildman–Crippen MR) is 126 cm³/mol. The molecule has 8 nitrogen and oxygen atoms in total. The molecule has 0 saturated carbocycles. The van der Waals surface area contributed by atoms with Crippen LogP contribution in [0.25, 0.3) is 11.1 Å². The number of benzene rings is 2. The van der Waals surface area contributed by atoms with E-state index >= 15 is 0 Å². The summed E-state index contributed by atoms with van der Waals surface area (Å²) >= 11 is 0. The van der Waals surface area contributed by atoms with Crippen LogP contribution < -0.4 is 5.73 Å². The van der Waals surface area contributed by atoms with Gasteiger partial charge in [-0.2, -0.15) is 22.2 Å². The molecule has 3 N–H and O–H groups in total. The first-order valence-corrected chi connectivity index (χ1v) is 12.1. The highest BCUT2D eigenvalue weighted by molar-refractivity contribution is 7.86. The molecular formula is C24H22F2N4O4S. The SMILES string of the molecule is CCC(c1ccc(C2(c3cccc(-c4ccc(F)nc4F)c3)N=C(N)N(C)C2=O)cc1)S(=O)(=O)O. The van der Waals surface area contributed by atoms with Gasteiger partial charge >= 0.3 is 0 Å². The molecule has 1 aliphatic rings. The number of guanidine groups is 1. The van der Waals surface area contributed by atoms with Crippen LogP contribution in [0.15, 0.2) is 65.7 Å². The average Bonchev–Trinajstić information content (AvgIpc) is 3.04. The monoisotopic (exact) mass is 500 g/mol. The zero-order valence-corrected chi connectivity index (χ0v) is 19.6. The van der Waals surface area contributed by atoms with Crippen LogP contribution in [-0.4, -0.2) is 41.8 Å². The van der Waals surface area contributed by atoms with E-state index in [4.69, 9.17) is 5.73 Å². The van der Waals surface area contributed by atoms with Crippen LogP contribution in [0.1, 0.15) is 35.3 Å². The number of pyridine rings is 1. The van der Waals surface area contributed by atoms with Crippen LogP contribution in [-0.2, 0) is 20.5 Å². The van der Waals surface area contributed by atoms with Crippen molar-refractivity contribution in [1.29, 1.82) is 0 Å². The number of nitrogens with zero attached hydrogens (tertiary/aromatic N) is 3. The Morgan fingerprint density at radius 3 is 2.31 bits per heavy atom. The van der Waals surface area contributed by atoms with Gasteiger partial charge in [0, 0.05) is 12.6 Å². The lowest BCUT2D eigenvalue weighted by atomic mass is 9.81. The minimum atomic E-state index is -4.33. The van der Waals surface area contributed by atoms with E-state index in [0.717, 1.165) is 6.07 Å². The third-order valence-electron chi connectivity index (χ3n) is 6.08. The summed E-state index contributed by atoms with van der Waals surface area (Å²) in [5.41, 5.74) is 5.85. The number of carbonyl (C=O) groups is 1. The van der Waals surface area contributed by atoms with E-state index < -0.39 is 38.7 Å². The molecule has 0 saturated heterocycles. The molecule has 2 atom stereocenters. The zero-order chi connectivity index (χ0) is 25.5. The molecule has 1 aromatic heterocycles. The number of halogens is 2. The maximum atomic E-state index is 14.4. The van der Waals surface area contributed by atoms with Crippen molar-refractivity contribution in [3.8, 4) is 11.1 Å². The highest BCUT2D eigenvalue weighted by atomic mass is 32.2. The Morgan fingerprint density at radius 1 is 1.09 bits per heavy atom. The van der Waals surface area contributed by atoms with Gasteiger partial charge in [0.1, 0.15) is 5.25 Å². The van der Waals surface area contributed by atoms with E-state index in [1.165, 1.54) is 30.1 Å². The van der Waals surface area contributed by atoms with Gasteiger partial charge in [-0.05, 0) is 46.9 Å². The second-order valence-electron chi connectivity index (χ2n) is 8.13. The zero-order valence-electron chi connectivity index (χ0n) is 18.8. The van der Waals surface area contributed by atoms with Gasteiger partial charge in [0.05, 0.1) is 0 Å². The summed E-state index contributed by atoms with van der Waals surface area (Å²) in [5.74, 6) is -2.48. The maximum absolute atomic E-state index is 14.4.